The van der Waals surface area contributed by atoms with E-state index in [9.17, 15) is 0 Å². The summed E-state index contributed by atoms with van der Waals surface area (Å²) in [5, 5.41) is 1.14. The van der Waals surface area contributed by atoms with E-state index in [1.807, 2.05) is 18.2 Å². The number of benzene rings is 1. The molecule has 20 heavy (non-hydrogen) atoms. The summed E-state index contributed by atoms with van der Waals surface area (Å²) in [6.07, 6.45) is 0. The SMILES string of the molecule is CCN(CCN(C)C)c1cc(C)c2cc(N)ccc2n1. The van der Waals surface area contributed by atoms with Crippen LogP contribution in [0.3, 0.4) is 0 Å². The Morgan fingerprint density at radius 1 is 1.15 bits per heavy atom. The van der Waals surface area contributed by atoms with Gasteiger partial charge in [-0.15, -0.1) is 0 Å². The molecule has 2 rings (SSSR count). The second kappa shape index (κ2) is 6.09. The number of hydrogen-bond donors (Lipinski definition) is 1. The van der Waals surface area contributed by atoms with Gasteiger partial charge in [-0.05, 0) is 57.8 Å². The smallest absolute Gasteiger partial charge is 0.129 e. The zero-order valence-corrected chi connectivity index (χ0v) is 12.8. The largest absolute Gasteiger partial charge is 0.399 e. The molecule has 0 saturated carbocycles. The Hall–Kier alpha value is -1.81. The van der Waals surface area contributed by atoms with Gasteiger partial charge in [-0.25, -0.2) is 4.98 Å². The minimum atomic E-state index is 0.787. The number of fused-ring (bicyclic) bond motifs is 1. The van der Waals surface area contributed by atoms with Gasteiger partial charge in [0.05, 0.1) is 5.52 Å². The third-order valence-corrected chi connectivity index (χ3v) is 3.55. The molecular formula is C16H24N4. The highest BCUT2D eigenvalue weighted by Crippen LogP contribution is 2.24. The topological polar surface area (TPSA) is 45.4 Å². The summed E-state index contributed by atoms with van der Waals surface area (Å²) in [7, 11) is 4.19. The Morgan fingerprint density at radius 3 is 2.55 bits per heavy atom. The first kappa shape index (κ1) is 14.6. The lowest BCUT2D eigenvalue weighted by Gasteiger charge is -2.24. The van der Waals surface area contributed by atoms with Crippen LogP contribution < -0.4 is 10.6 Å². The predicted octanol–water partition coefficient (Wildman–Crippen LogP) is 2.51. The maximum Gasteiger partial charge on any atom is 0.129 e. The predicted molar refractivity (Wildman–Crippen MR) is 87.3 cm³/mol. The summed E-state index contributed by atoms with van der Waals surface area (Å²) >= 11 is 0. The zero-order chi connectivity index (χ0) is 14.7. The van der Waals surface area contributed by atoms with Crippen molar-refractivity contribution in [2.24, 2.45) is 0 Å². The molecule has 4 heteroatoms. The van der Waals surface area contributed by atoms with Crippen molar-refractivity contribution in [1.29, 1.82) is 0 Å². The molecular weight excluding hydrogens is 248 g/mol. The fourth-order valence-electron chi connectivity index (χ4n) is 2.31. The number of aryl methyl sites for hydroxylation is 1. The van der Waals surface area contributed by atoms with E-state index in [0.717, 1.165) is 42.0 Å². The van der Waals surface area contributed by atoms with Crippen molar-refractivity contribution in [3.63, 3.8) is 0 Å². The van der Waals surface area contributed by atoms with Crippen molar-refractivity contribution < 1.29 is 0 Å². The van der Waals surface area contributed by atoms with Crippen molar-refractivity contribution in [3.8, 4) is 0 Å². The van der Waals surface area contributed by atoms with Crippen LogP contribution in [0.4, 0.5) is 11.5 Å². The number of nitrogens with two attached hydrogens (primary N) is 1. The van der Waals surface area contributed by atoms with E-state index in [1.54, 1.807) is 0 Å². The molecule has 0 aliphatic carbocycles. The zero-order valence-electron chi connectivity index (χ0n) is 12.8. The highest BCUT2D eigenvalue weighted by atomic mass is 15.2. The number of aromatic nitrogens is 1. The number of pyridine rings is 1. The van der Waals surface area contributed by atoms with Crippen molar-refractivity contribution >= 4 is 22.4 Å². The lowest BCUT2D eigenvalue weighted by Crippen LogP contribution is -2.32. The molecule has 0 fully saturated rings. The van der Waals surface area contributed by atoms with Crippen LogP contribution in [0.15, 0.2) is 24.3 Å². The summed E-state index contributed by atoms with van der Waals surface area (Å²) in [6, 6.07) is 8.06. The normalized spacial score (nSPS) is 11.2. The Labute approximate surface area is 121 Å². The van der Waals surface area contributed by atoms with E-state index in [1.165, 1.54) is 5.56 Å². The van der Waals surface area contributed by atoms with Crippen LogP contribution in [0.5, 0.6) is 0 Å². The molecule has 2 aromatic rings. The highest BCUT2D eigenvalue weighted by Gasteiger charge is 2.09. The van der Waals surface area contributed by atoms with E-state index < -0.39 is 0 Å². The number of nitrogens with zero attached hydrogens (tertiary/aromatic N) is 3. The van der Waals surface area contributed by atoms with E-state index >= 15 is 0 Å². The highest BCUT2D eigenvalue weighted by molar-refractivity contribution is 5.86. The van der Waals surface area contributed by atoms with Gasteiger partial charge in [-0.3, -0.25) is 0 Å². The van der Waals surface area contributed by atoms with Crippen LogP contribution >= 0.6 is 0 Å². The van der Waals surface area contributed by atoms with Gasteiger partial charge in [0.1, 0.15) is 5.82 Å². The summed E-state index contributed by atoms with van der Waals surface area (Å²) in [5.74, 6) is 1.05. The molecule has 0 spiro atoms. The third kappa shape index (κ3) is 3.20. The van der Waals surface area contributed by atoms with Crippen LogP contribution in [0.25, 0.3) is 10.9 Å². The summed E-state index contributed by atoms with van der Waals surface area (Å²) in [5.41, 5.74) is 8.88. The quantitative estimate of drug-likeness (QED) is 0.850. The number of anilines is 2. The fourth-order valence-corrected chi connectivity index (χ4v) is 2.31. The van der Waals surface area contributed by atoms with Gasteiger partial charge in [-0.2, -0.15) is 0 Å². The Bertz CT molecular complexity index is 592. The lowest BCUT2D eigenvalue weighted by molar-refractivity contribution is 0.413. The first-order valence-corrected chi connectivity index (χ1v) is 7.08. The Morgan fingerprint density at radius 2 is 1.90 bits per heavy atom. The number of rotatable bonds is 5. The Kier molecular flexibility index (Phi) is 4.45. The fraction of sp³-hybridized carbons (Fsp3) is 0.438. The molecule has 0 bridgehead atoms. The molecule has 0 radical (unpaired) electrons. The molecule has 2 N–H and O–H groups in total. The van der Waals surface area contributed by atoms with E-state index in [4.69, 9.17) is 10.7 Å². The average Bonchev–Trinajstić information content (AvgIpc) is 2.40. The molecule has 0 unspecified atom stereocenters. The minimum absolute atomic E-state index is 0.787. The van der Waals surface area contributed by atoms with Gasteiger partial charge in [0, 0.05) is 30.7 Å². The maximum atomic E-state index is 5.85. The van der Waals surface area contributed by atoms with Crippen molar-refractivity contribution in [2.75, 3.05) is 44.4 Å². The second-order valence-corrected chi connectivity index (χ2v) is 5.46. The third-order valence-electron chi connectivity index (χ3n) is 3.55. The summed E-state index contributed by atoms with van der Waals surface area (Å²) in [6.45, 7) is 7.25. The lowest BCUT2D eigenvalue weighted by atomic mass is 10.1. The van der Waals surface area contributed by atoms with Crippen LogP contribution in [-0.2, 0) is 0 Å². The van der Waals surface area contributed by atoms with Crippen LogP contribution in [-0.4, -0.2) is 43.6 Å². The molecule has 108 valence electrons. The van der Waals surface area contributed by atoms with Gasteiger partial charge < -0.3 is 15.5 Å². The van der Waals surface area contributed by atoms with Crippen molar-refractivity contribution in [2.45, 2.75) is 13.8 Å². The van der Waals surface area contributed by atoms with Gasteiger partial charge in [-0.1, -0.05) is 0 Å². The van der Waals surface area contributed by atoms with Crippen LogP contribution in [0.2, 0.25) is 0 Å². The van der Waals surface area contributed by atoms with Gasteiger partial charge in [0.2, 0.25) is 0 Å². The second-order valence-electron chi connectivity index (χ2n) is 5.46. The molecule has 0 aliphatic rings. The molecule has 0 aliphatic heterocycles. The molecule has 1 aromatic carbocycles. The molecule has 0 saturated heterocycles. The minimum Gasteiger partial charge on any atom is -0.399 e. The standard InChI is InChI=1S/C16H24N4/c1-5-20(9-8-19(3)4)16-10-12(2)14-11-13(17)6-7-15(14)18-16/h6-7,10-11H,5,8-9,17H2,1-4H3. The Balaban J connectivity index is 2.36. The van der Waals surface area contributed by atoms with Crippen LogP contribution in [0, 0.1) is 6.92 Å². The summed E-state index contributed by atoms with van der Waals surface area (Å²) < 4.78 is 0. The maximum absolute atomic E-state index is 5.85. The molecule has 0 atom stereocenters. The molecule has 1 aromatic heterocycles. The first-order chi connectivity index (χ1) is 9.51. The molecule has 1 heterocycles. The number of hydrogen-bond acceptors (Lipinski definition) is 4. The molecule has 4 nitrogen and oxygen atoms in total. The van der Waals surface area contributed by atoms with Gasteiger partial charge in [0.15, 0.2) is 0 Å². The van der Waals surface area contributed by atoms with Crippen molar-refractivity contribution in [3.05, 3.63) is 29.8 Å². The van der Waals surface area contributed by atoms with E-state index in [2.05, 4.69) is 43.8 Å². The van der Waals surface area contributed by atoms with E-state index in [0.29, 0.717) is 0 Å². The van der Waals surface area contributed by atoms with Gasteiger partial charge in [0.25, 0.3) is 0 Å². The van der Waals surface area contributed by atoms with Crippen LogP contribution in [0.1, 0.15) is 12.5 Å². The number of nitrogen functional groups attached to an aromatic ring is 1. The molecule has 0 amide bonds. The average molecular weight is 272 g/mol. The summed E-state index contributed by atoms with van der Waals surface area (Å²) in [4.78, 5) is 9.28. The number of likely N-dealkylation sites (N-methyl/N-ethyl adjacent to an activating group) is 2. The van der Waals surface area contributed by atoms with E-state index in [-0.39, 0.29) is 0 Å². The van der Waals surface area contributed by atoms with Crippen molar-refractivity contribution in [1.82, 2.24) is 9.88 Å². The van der Waals surface area contributed by atoms with Gasteiger partial charge >= 0.3 is 0 Å². The first-order valence-electron chi connectivity index (χ1n) is 7.08. The monoisotopic (exact) mass is 272 g/mol.